The molecule has 0 heterocycles. The van der Waals surface area contributed by atoms with E-state index in [0.717, 1.165) is 29.1 Å². The largest absolute Gasteiger partial charge is 0.496 e. The lowest BCUT2D eigenvalue weighted by molar-refractivity contribution is 0.165. The minimum Gasteiger partial charge on any atom is -0.496 e. The second-order valence-corrected chi connectivity index (χ2v) is 5.31. The van der Waals surface area contributed by atoms with Gasteiger partial charge >= 0.3 is 0 Å². The molecule has 2 rings (SSSR count). The van der Waals surface area contributed by atoms with Crippen molar-refractivity contribution in [2.24, 2.45) is 0 Å². The number of rotatable bonds is 6. The zero-order valence-electron chi connectivity index (χ0n) is 12.9. The van der Waals surface area contributed by atoms with E-state index in [1.807, 2.05) is 50.4 Å². The van der Waals surface area contributed by atoms with Gasteiger partial charge in [0, 0.05) is 24.8 Å². The Balaban J connectivity index is 2.02. The Labute approximate surface area is 126 Å². The molecule has 1 unspecified atom stereocenters. The summed E-state index contributed by atoms with van der Waals surface area (Å²) in [5.41, 5.74) is 3.14. The van der Waals surface area contributed by atoms with Crippen LogP contribution >= 0.6 is 0 Å². The molecule has 0 saturated carbocycles. The second kappa shape index (κ2) is 7.14. The lowest BCUT2D eigenvalue weighted by atomic mass is 10.0. The molecule has 2 aromatic rings. The lowest BCUT2D eigenvalue weighted by Crippen LogP contribution is -2.20. The van der Waals surface area contributed by atoms with Crippen LogP contribution in [0.5, 0.6) is 5.75 Å². The number of aryl methyl sites for hydroxylation is 1. The molecule has 0 radical (unpaired) electrons. The fourth-order valence-electron chi connectivity index (χ4n) is 2.40. The quantitative estimate of drug-likeness (QED) is 0.881. The zero-order chi connectivity index (χ0) is 15.2. The number of aliphatic hydroxyl groups excluding tert-OH is 1. The van der Waals surface area contributed by atoms with Crippen LogP contribution in [-0.2, 0) is 0 Å². The highest BCUT2D eigenvalue weighted by Gasteiger charge is 2.14. The van der Waals surface area contributed by atoms with Gasteiger partial charge in [0.05, 0.1) is 13.2 Å². The molecule has 0 saturated heterocycles. The number of anilines is 1. The predicted octanol–water partition coefficient (Wildman–Crippen LogP) is 3.56. The summed E-state index contributed by atoms with van der Waals surface area (Å²) in [5, 5.41) is 10.4. The first-order chi connectivity index (χ1) is 10.1. The first kappa shape index (κ1) is 15.4. The molecule has 0 bridgehead atoms. The van der Waals surface area contributed by atoms with E-state index < -0.39 is 6.10 Å². The van der Waals surface area contributed by atoms with Crippen LogP contribution in [0, 0.1) is 6.92 Å². The Kier molecular flexibility index (Phi) is 5.23. The Morgan fingerprint density at radius 2 is 1.86 bits per heavy atom. The highest BCUT2D eigenvalue weighted by atomic mass is 16.5. The molecule has 1 atom stereocenters. The summed E-state index contributed by atoms with van der Waals surface area (Å²) in [6.45, 7) is 2.80. The Bertz CT molecular complexity index is 569. The van der Waals surface area contributed by atoms with Crippen LogP contribution in [0.1, 0.15) is 23.7 Å². The van der Waals surface area contributed by atoms with Crippen LogP contribution in [-0.4, -0.2) is 25.8 Å². The molecule has 1 N–H and O–H groups in total. The van der Waals surface area contributed by atoms with E-state index in [1.54, 1.807) is 7.11 Å². The van der Waals surface area contributed by atoms with Gasteiger partial charge in [0.25, 0.3) is 0 Å². The van der Waals surface area contributed by atoms with Gasteiger partial charge < -0.3 is 14.7 Å². The van der Waals surface area contributed by atoms with Crippen LogP contribution in [0.4, 0.5) is 5.69 Å². The normalized spacial score (nSPS) is 12.0. The highest BCUT2D eigenvalue weighted by molar-refractivity contribution is 5.45. The van der Waals surface area contributed by atoms with Gasteiger partial charge in [0.2, 0.25) is 0 Å². The third kappa shape index (κ3) is 3.99. The second-order valence-electron chi connectivity index (χ2n) is 5.31. The van der Waals surface area contributed by atoms with Crippen molar-refractivity contribution in [3.05, 3.63) is 59.7 Å². The Morgan fingerprint density at radius 3 is 2.52 bits per heavy atom. The van der Waals surface area contributed by atoms with Gasteiger partial charge in [0.1, 0.15) is 5.75 Å². The molecule has 112 valence electrons. The SMILES string of the molecule is COc1ccc(C)cc1C(O)CCN(C)c1ccccc1. The standard InChI is InChI=1S/C18H23NO2/c1-14-9-10-18(21-3)16(13-14)17(20)11-12-19(2)15-7-5-4-6-8-15/h4-10,13,17,20H,11-12H2,1-3H3. The maximum Gasteiger partial charge on any atom is 0.124 e. The van der Waals surface area contributed by atoms with Crippen molar-refractivity contribution in [1.82, 2.24) is 0 Å². The minimum absolute atomic E-state index is 0.522. The molecule has 0 amide bonds. The molecule has 3 nitrogen and oxygen atoms in total. The Hall–Kier alpha value is -2.00. The fraction of sp³-hybridized carbons (Fsp3) is 0.333. The summed E-state index contributed by atoms with van der Waals surface area (Å²) in [6.07, 6.45) is 0.136. The van der Waals surface area contributed by atoms with E-state index >= 15 is 0 Å². The van der Waals surface area contributed by atoms with Crippen molar-refractivity contribution < 1.29 is 9.84 Å². The third-order valence-corrected chi connectivity index (χ3v) is 3.68. The topological polar surface area (TPSA) is 32.7 Å². The van der Waals surface area contributed by atoms with E-state index in [0.29, 0.717) is 6.42 Å². The van der Waals surface area contributed by atoms with Crippen LogP contribution in [0.3, 0.4) is 0 Å². The van der Waals surface area contributed by atoms with Gasteiger partial charge in [0.15, 0.2) is 0 Å². The maximum atomic E-state index is 10.4. The lowest BCUT2D eigenvalue weighted by Gasteiger charge is -2.22. The van der Waals surface area contributed by atoms with Gasteiger partial charge in [-0.3, -0.25) is 0 Å². The van der Waals surface area contributed by atoms with E-state index in [4.69, 9.17) is 4.74 Å². The number of benzene rings is 2. The van der Waals surface area contributed by atoms with Crippen molar-refractivity contribution in [2.45, 2.75) is 19.4 Å². The van der Waals surface area contributed by atoms with Gasteiger partial charge in [-0.05, 0) is 37.6 Å². The molecular weight excluding hydrogens is 262 g/mol. The summed E-state index contributed by atoms with van der Waals surface area (Å²) < 4.78 is 5.34. The Morgan fingerprint density at radius 1 is 1.14 bits per heavy atom. The minimum atomic E-state index is -0.522. The zero-order valence-corrected chi connectivity index (χ0v) is 12.9. The molecule has 3 heteroatoms. The van der Waals surface area contributed by atoms with Crippen molar-refractivity contribution in [2.75, 3.05) is 25.6 Å². The molecule has 0 fully saturated rings. The summed E-state index contributed by atoms with van der Waals surface area (Å²) >= 11 is 0. The molecule has 21 heavy (non-hydrogen) atoms. The van der Waals surface area contributed by atoms with Crippen LogP contribution in [0.25, 0.3) is 0 Å². The number of nitrogens with zero attached hydrogens (tertiary/aromatic N) is 1. The van der Waals surface area contributed by atoms with Crippen LogP contribution < -0.4 is 9.64 Å². The van der Waals surface area contributed by atoms with Crippen molar-refractivity contribution >= 4 is 5.69 Å². The molecule has 2 aromatic carbocycles. The number of methoxy groups -OCH3 is 1. The molecule has 0 aliphatic carbocycles. The summed E-state index contributed by atoms with van der Waals surface area (Å²) in [4.78, 5) is 2.14. The number of para-hydroxylation sites is 1. The smallest absolute Gasteiger partial charge is 0.124 e. The number of hydrogen-bond donors (Lipinski definition) is 1. The first-order valence-electron chi connectivity index (χ1n) is 7.20. The van der Waals surface area contributed by atoms with Crippen molar-refractivity contribution in [1.29, 1.82) is 0 Å². The van der Waals surface area contributed by atoms with Crippen molar-refractivity contribution in [3.8, 4) is 5.75 Å². The average Bonchev–Trinajstić information content (AvgIpc) is 2.53. The number of hydrogen-bond acceptors (Lipinski definition) is 3. The fourth-order valence-corrected chi connectivity index (χ4v) is 2.40. The van der Waals surface area contributed by atoms with E-state index in [-0.39, 0.29) is 0 Å². The molecule has 0 aliphatic rings. The van der Waals surface area contributed by atoms with E-state index in [2.05, 4.69) is 17.0 Å². The molecule has 0 aliphatic heterocycles. The van der Waals surface area contributed by atoms with Gasteiger partial charge in [-0.25, -0.2) is 0 Å². The van der Waals surface area contributed by atoms with Crippen LogP contribution in [0.2, 0.25) is 0 Å². The van der Waals surface area contributed by atoms with E-state index in [9.17, 15) is 5.11 Å². The highest BCUT2D eigenvalue weighted by Crippen LogP contribution is 2.28. The predicted molar refractivity (Wildman–Crippen MR) is 87.0 cm³/mol. The van der Waals surface area contributed by atoms with Crippen molar-refractivity contribution in [3.63, 3.8) is 0 Å². The van der Waals surface area contributed by atoms with E-state index in [1.165, 1.54) is 0 Å². The summed E-state index contributed by atoms with van der Waals surface area (Å²) in [6, 6.07) is 16.1. The summed E-state index contributed by atoms with van der Waals surface area (Å²) in [7, 11) is 3.67. The van der Waals surface area contributed by atoms with Gasteiger partial charge in [-0.1, -0.05) is 29.8 Å². The third-order valence-electron chi connectivity index (χ3n) is 3.68. The maximum absolute atomic E-state index is 10.4. The summed E-state index contributed by atoms with van der Waals surface area (Å²) in [5.74, 6) is 0.746. The molecule has 0 aromatic heterocycles. The number of ether oxygens (including phenoxy) is 1. The molecule has 0 spiro atoms. The van der Waals surface area contributed by atoms with Gasteiger partial charge in [-0.15, -0.1) is 0 Å². The molecular formula is C18H23NO2. The van der Waals surface area contributed by atoms with Crippen LogP contribution in [0.15, 0.2) is 48.5 Å². The van der Waals surface area contributed by atoms with Gasteiger partial charge in [-0.2, -0.15) is 0 Å². The monoisotopic (exact) mass is 285 g/mol. The number of aliphatic hydroxyl groups is 1. The average molecular weight is 285 g/mol. The first-order valence-corrected chi connectivity index (χ1v) is 7.20.